The number of methoxy groups -OCH3 is 1. The molecule has 0 bridgehead atoms. The van der Waals surface area contributed by atoms with Crippen molar-refractivity contribution in [2.24, 2.45) is 0 Å². The molecule has 0 saturated carbocycles. The summed E-state index contributed by atoms with van der Waals surface area (Å²) in [6, 6.07) is 10.6. The average Bonchev–Trinajstić information content (AvgIpc) is 2.81. The first-order valence-corrected chi connectivity index (χ1v) is 6.52. The molecule has 0 aromatic heterocycles. The summed E-state index contributed by atoms with van der Waals surface area (Å²) in [5, 5.41) is 0. The second kappa shape index (κ2) is 7.71. The van der Waals surface area contributed by atoms with Gasteiger partial charge in [0.15, 0.2) is 0 Å². The summed E-state index contributed by atoms with van der Waals surface area (Å²) in [5.41, 5.74) is 1.39. The van der Waals surface area contributed by atoms with Crippen molar-refractivity contribution in [3.8, 4) is 0 Å². The molecule has 0 spiro atoms. The zero-order valence-electron chi connectivity index (χ0n) is 10.1. The van der Waals surface area contributed by atoms with Gasteiger partial charge >= 0.3 is 0 Å². The van der Waals surface area contributed by atoms with Crippen molar-refractivity contribution in [2.45, 2.75) is 19.1 Å². The van der Waals surface area contributed by atoms with E-state index >= 15 is 0 Å². The number of hydrogen-bond acceptors (Lipinski definition) is 3. The Balaban J connectivity index is 0.000000606. The molecular formula is C13H21NOS. The molecule has 3 heteroatoms. The molecule has 1 heterocycles. The Morgan fingerprint density at radius 3 is 2.56 bits per heavy atom. The fourth-order valence-electron chi connectivity index (χ4n) is 1.97. The van der Waals surface area contributed by atoms with Gasteiger partial charge < -0.3 is 4.74 Å². The fourth-order valence-corrected chi connectivity index (χ4v) is 1.97. The molecule has 2 nitrogen and oxygen atoms in total. The minimum absolute atomic E-state index is 0.443. The van der Waals surface area contributed by atoms with Crippen molar-refractivity contribution in [2.75, 3.05) is 26.5 Å². The van der Waals surface area contributed by atoms with E-state index in [1.807, 2.05) is 0 Å². The highest BCUT2D eigenvalue weighted by Crippen LogP contribution is 2.14. The zero-order valence-corrected chi connectivity index (χ0v) is 11.0. The number of hydrogen-bond donors (Lipinski definition) is 1. The summed E-state index contributed by atoms with van der Waals surface area (Å²) in [5.74, 6) is 0. The highest BCUT2D eigenvalue weighted by atomic mass is 32.1. The van der Waals surface area contributed by atoms with Crippen LogP contribution in [0.2, 0.25) is 0 Å². The van der Waals surface area contributed by atoms with Gasteiger partial charge in [0.1, 0.15) is 0 Å². The van der Waals surface area contributed by atoms with Gasteiger partial charge in [-0.1, -0.05) is 30.3 Å². The van der Waals surface area contributed by atoms with Crippen LogP contribution >= 0.6 is 12.6 Å². The van der Waals surface area contributed by atoms with Gasteiger partial charge in [-0.25, -0.2) is 0 Å². The standard InChI is InChI=1S/C12H17NO.CH4S/c1-14-12-7-8-13(10-12)9-11-5-3-2-4-6-11;1-2/h2-6,12H,7-10H2,1H3;2H,1H3. The Labute approximate surface area is 104 Å². The molecule has 1 aromatic rings. The normalized spacial score (nSPS) is 20.3. The largest absolute Gasteiger partial charge is 0.380 e. The van der Waals surface area contributed by atoms with Gasteiger partial charge in [-0.2, -0.15) is 12.6 Å². The van der Waals surface area contributed by atoms with Gasteiger partial charge in [0.2, 0.25) is 0 Å². The number of nitrogens with zero attached hydrogens (tertiary/aromatic N) is 1. The average molecular weight is 239 g/mol. The minimum Gasteiger partial charge on any atom is -0.380 e. The summed E-state index contributed by atoms with van der Waals surface area (Å²) >= 11 is 3.53. The van der Waals surface area contributed by atoms with Gasteiger partial charge in [0.25, 0.3) is 0 Å². The molecule has 1 aliphatic heterocycles. The van der Waals surface area contributed by atoms with Gasteiger partial charge in [-0.3, -0.25) is 4.90 Å². The maximum Gasteiger partial charge on any atom is 0.0710 e. The number of likely N-dealkylation sites (tertiary alicyclic amines) is 1. The third-order valence-electron chi connectivity index (χ3n) is 2.81. The van der Waals surface area contributed by atoms with Crippen molar-refractivity contribution < 1.29 is 4.74 Å². The van der Waals surface area contributed by atoms with E-state index in [1.54, 1.807) is 13.4 Å². The molecule has 1 unspecified atom stereocenters. The van der Waals surface area contributed by atoms with Crippen LogP contribution in [0.1, 0.15) is 12.0 Å². The molecule has 0 radical (unpaired) electrons. The lowest BCUT2D eigenvalue weighted by molar-refractivity contribution is 0.107. The third kappa shape index (κ3) is 4.16. The maximum atomic E-state index is 5.34. The van der Waals surface area contributed by atoms with Crippen LogP contribution in [0.5, 0.6) is 0 Å². The van der Waals surface area contributed by atoms with Gasteiger partial charge in [0.05, 0.1) is 6.10 Å². The van der Waals surface area contributed by atoms with Crippen LogP contribution in [0, 0.1) is 0 Å². The van der Waals surface area contributed by atoms with Crippen LogP contribution in [0.3, 0.4) is 0 Å². The number of ether oxygens (including phenoxy) is 1. The predicted molar refractivity (Wildman–Crippen MR) is 72.0 cm³/mol. The van der Waals surface area contributed by atoms with Gasteiger partial charge in [-0.05, 0) is 18.2 Å². The second-order valence-electron chi connectivity index (χ2n) is 3.87. The molecule has 0 aliphatic carbocycles. The third-order valence-corrected chi connectivity index (χ3v) is 2.81. The highest BCUT2D eigenvalue weighted by molar-refractivity contribution is 7.79. The first-order valence-electron chi connectivity index (χ1n) is 5.62. The highest BCUT2D eigenvalue weighted by Gasteiger charge is 2.21. The van der Waals surface area contributed by atoms with Crippen LogP contribution in [-0.4, -0.2) is 37.5 Å². The molecule has 1 atom stereocenters. The molecular weight excluding hydrogens is 218 g/mol. The summed E-state index contributed by atoms with van der Waals surface area (Å²) in [4.78, 5) is 2.45. The second-order valence-corrected chi connectivity index (χ2v) is 3.87. The van der Waals surface area contributed by atoms with E-state index in [4.69, 9.17) is 4.74 Å². The monoisotopic (exact) mass is 239 g/mol. The molecule has 1 saturated heterocycles. The zero-order chi connectivity index (χ0) is 11.8. The number of rotatable bonds is 3. The Bertz CT molecular complexity index is 279. The Morgan fingerprint density at radius 2 is 2.00 bits per heavy atom. The summed E-state index contributed by atoms with van der Waals surface area (Å²) in [7, 11) is 1.80. The van der Waals surface area contributed by atoms with Crippen molar-refractivity contribution in [3.05, 3.63) is 35.9 Å². The quantitative estimate of drug-likeness (QED) is 0.814. The predicted octanol–water partition coefficient (Wildman–Crippen LogP) is 2.45. The summed E-state index contributed by atoms with van der Waals surface area (Å²) < 4.78 is 5.34. The van der Waals surface area contributed by atoms with Crippen LogP contribution < -0.4 is 0 Å². The van der Waals surface area contributed by atoms with Crippen molar-refractivity contribution >= 4 is 12.6 Å². The van der Waals surface area contributed by atoms with E-state index in [9.17, 15) is 0 Å². The maximum absolute atomic E-state index is 5.34. The Morgan fingerprint density at radius 1 is 1.31 bits per heavy atom. The SMILES string of the molecule is COC1CCN(Cc2ccccc2)C1.CS. The van der Waals surface area contributed by atoms with E-state index in [0.29, 0.717) is 6.10 Å². The van der Waals surface area contributed by atoms with Crippen LogP contribution in [0.25, 0.3) is 0 Å². The number of thiol groups is 1. The van der Waals surface area contributed by atoms with Crippen LogP contribution in [0.15, 0.2) is 30.3 Å². The Kier molecular flexibility index (Phi) is 6.53. The fraction of sp³-hybridized carbons (Fsp3) is 0.538. The first kappa shape index (κ1) is 13.6. The molecule has 1 aliphatic rings. The lowest BCUT2D eigenvalue weighted by atomic mass is 10.2. The van der Waals surface area contributed by atoms with Gasteiger partial charge in [-0.15, -0.1) is 0 Å². The molecule has 2 rings (SSSR count). The lowest BCUT2D eigenvalue weighted by Crippen LogP contribution is -2.22. The molecule has 1 aromatic carbocycles. The first-order chi connectivity index (χ1) is 7.88. The summed E-state index contributed by atoms with van der Waals surface area (Å²) in [6.07, 6.45) is 3.31. The molecule has 90 valence electrons. The molecule has 0 N–H and O–H groups in total. The van der Waals surface area contributed by atoms with E-state index in [1.165, 1.54) is 12.0 Å². The Hall–Kier alpha value is -0.510. The molecule has 16 heavy (non-hydrogen) atoms. The van der Waals surface area contributed by atoms with Crippen molar-refractivity contribution in [3.63, 3.8) is 0 Å². The smallest absolute Gasteiger partial charge is 0.0710 e. The van der Waals surface area contributed by atoms with E-state index in [-0.39, 0.29) is 0 Å². The van der Waals surface area contributed by atoms with Crippen LogP contribution in [-0.2, 0) is 11.3 Å². The lowest BCUT2D eigenvalue weighted by Gasteiger charge is -2.15. The van der Waals surface area contributed by atoms with Gasteiger partial charge in [0, 0.05) is 26.7 Å². The van der Waals surface area contributed by atoms with E-state index in [0.717, 1.165) is 19.6 Å². The van der Waals surface area contributed by atoms with E-state index < -0.39 is 0 Å². The molecule has 0 amide bonds. The molecule has 1 fully saturated rings. The van der Waals surface area contributed by atoms with Crippen LogP contribution in [0.4, 0.5) is 0 Å². The summed E-state index contributed by atoms with van der Waals surface area (Å²) in [6.45, 7) is 3.29. The van der Waals surface area contributed by atoms with Crippen molar-refractivity contribution in [1.29, 1.82) is 0 Å². The minimum atomic E-state index is 0.443. The van der Waals surface area contributed by atoms with E-state index in [2.05, 4.69) is 47.9 Å². The topological polar surface area (TPSA) is 12.5 Å². The number of benzene rings is 1. The van der Waals surface area contributed by atoms with Crippen molar-refractivity contribution in [1.82, 2.24) is 4.90 Å².